The minimum Gasteiger partial charge on any atom is -0.309 e. The number of imidazole rings is 1. The van der Waals surface area contributed by atoms with Gasteiger partial charge in [-0.05, 0) is 142 Å². The largest absolute Gasteiger partial charge is 0.309 e. The van der Waals surface area contributed by atoms with Gasteiger partial charge in [0.25, 0.3) is 0 Å². The van der Waals surface area contributed by atoms with Crippen molar-refractivity contribution in [1.82, 2.24) is 47.6 Å². The fraction of sp³-hybridized carbons (Fsp3) is 0. The summed E-state index contributed by atoms with van der Waals surface area (Å²) >= 11 is 0. The minimum absolute atomic E-state index is 0.619. The number of hydrogen-bond donors (Lipinski definition) is 0. The van der Waals surface area contributed by atoms with Crippen LogP contribution in [-0.2, 0) is 0 Å². The zero-order valence-electron chi connectivity index (χ0n) is 60.6. The molecule has 7 aromatic heterocycles. The Morgan fingerprint density at radius 1 is 0.188 bits per heavy atom. The van der Waals surface area contributed by atoms with E-state index in [9.17, 15) is 0 Å². The van der Waals surface area contributed by atoms with Crippen molar-refractivity contribution < 1.29 is 0 Å². The van der Waals surface area contributed by atoms with Crippen molar-refractivity contribution in [1.29, 1.82) is 0 Å². The summed E-state index contributed by atoms with van der Waals surface area (Å²) in [6.07, 6.45) is 0. The molecule has 0 radical (unpaired) electrons. The van der Waals surface area contributed by atoms with Crippen LogP contribution < -0.4 is 20.7 Å². The molecule has 0 aliphatic rings. The molecule has 112 heavy (non-hydrogen) atoms. The van der Waals surface area contributed by atoms with E-state index in [-0.39, 0.29) is 0 Å². The maximum absolute atomic E-state index is 5.29. The van der Waals surface area contributed by atoms with Gasteiger partial charge in [-0.25, -0.2) is 24.9 Å². The summed E-state index contributed by atoms with van der Waals surface area (Å²) in [5.74, 6) is 2.68. The lowest BCUT2D eigenvalue weighted by Crippen LogP contribution is -2.74. The van der Waals surface area contributed by atoms with Gasteiger partial charge >= 0.3 is 0 Å². The van der Waals surface area contributed by atoms with E-state index in [1.54, 1.807) is 0 Å². The molecule has 0 saturated heterocycles. The van der Waals surface area contributed by atoms with Crippen LogP contribution in [0.3, 0.4) is 0 Å². The first-order valence-electron chi connectivity index (χ1n) is 38.0. The molecule has 7 heterocycles. The van der Waals surface area contributed by atoms with Crippen LogP contribution in [0.2, 0.25) is 0 Å². The third kappa shape index (κ3) is 10.2. The highest BCUT2D eigenvalue weighted by atomic mass is 28.3. The molecule has 11 heteroatoms. The molecule has 23 rings (SSSR count). The highest BCUT2D eigenvalue weighted by Crippen LogP contribution is 2.42. The Balaban J connectivity index is 0.000000143. The zero-order chi connectivity index (χ0) is 73.8. The van der Waals surface area contributed by atoms with Gasteiger partial charge < -0.3 is 13.7 Å². The Morgan fingerprint density at radius 2 is 0.518 bits per heavy atom. The maximum atomic E-state index is 5.29. The molecule has 0 bridgehead atoms. The molecule has 0 saturated carbocycles. The number of nitrogens with zero attached hydrogens (tertiary/aromatic N) is 10. The van der Waals surface area contributed by atoms with Gasteiger partial charge in [-0.1, -0.05) is 279 Å². The summed E-state index contributed by atoms with van der Waals surface area (Å²) in [7, 11) is -2.74. The van der Waals surface area contributed by atoms with Crippen molar-refractivity contribution >= 4 is 144 Å². The second-order valence-corrected chi connectivity index (χ2v) is 32.5. The summed E-state index contributed by atoms with van der Waals surface area (Å²) < 4.78 is 11.8. The van der Waals surface area contributed by atoms with Gasteiger partial charge in [-0.3, -0.25) is 8.97 Å². The van der Waals surface area contributed by atoms with E-state index >= 15 is 0 Å². The SMILES string of the molecule is c1ccc(-c2nc(-c3ccccc3)nc(-c3ccc4c(c3)c3ccccc3n4-c3nc4ccccc4c4nc5ccccc5n34)n2)cc1.c1ccc([Si](c2ccccc2)(c2ccccc2)c2cccc(-n3c4ccccc4c4cc(-n5c6ccccc6c6cc(-n7c8ccccc8c8ccccc87)ccc65)ccc43)c2)cc1. The van der Waals surface area contributed by atoms with E-state index in [1.165, 1.54) is 86.2 Å². The van der Waals surface area contributed by atoms with Gasteiger partial charge in [0.1, 0.15) is 5.65 Å². The van der Waals surface area contributed by atoms with Gasteiger partial charge in [0.15, 0.2) is 25.5 Å². The first-order chi connectivity index (χ1) is 55.6. The first kappa shape index (κ1) is 64.3. The predicted octanol–water partition coefficient (Wildman–Crippen LogP) is 21.7. The molecule has 10 nitrogen and oxygen atoms in total. The van der Waals surface area contributed by atoms with E-state index in [1.807, 2.05) is 78.9 Å². The highest BCUT2D eigenvalue weighted by molar-refractivity contribution is 7.20. The Labute approximate surface area is 644 Å². The molecule has 0 fully saturated rings. The van der Waals surface area contributed by atoms with Crippen LogP contribution in [0.15, 0.2) is 400 Å². The predicted molar refractivity (Wildman–Crippen MR) is 465 cm³/mol. The number of hydrogen-bond acceptors (Lipinski definition) is 5. The molecule has 524 valence electrons. The quantitative estimate of drug-likeness (QED) is 0.0951. The molecule has 0 aliphatic carbocycles. The fourth-order valence-corrected chi connectivity index (χ4v) is 22.4. The van der Waals surface area contributed by atoms with Crippen LogP contribution in [0, 0.1) is 0 Å². The van der Waals surface area contributed by atoms with Crippen LogP contribution >= 0.6 is 0 Å². The fourth-order valence-electron chi connectivity index (χ4n) is 17.6. The third-order valence-corrected chi connectivity index (χ3v) is 27.3. The standard InChI is InChI=1S/C60H41N3Si.C41H25N7/c1-4-20-45(21-5-1)64(46-22-6-2-7-23-46,47-24-8-3-9-25-47)48-26-18-19-42(39-48)61-57-33-16-12-29-51(57)53-41-44(36-37-59(53)61)63-58-34-17-13-30-52(58)54-40-43(35-38-60(54)63)62-55-31-14-10-27-49(55)50-28-11-15-32-56(50)62;1-3-13-26(14-4-1)37-44-38(27-15-5-2-6-16-27)46-39(45-37)28-23-24-35-31(25-28)29-17-8-11-21-34(29)47(35)41-43-32-19-9-7-18-30(32)40-42-33-20-10-12-22-36(33)48(40)41/h1-41H;1-25H. The molecule has 0 spiro atoms. The molecule has 0 N–H and O–H groups in total. The molecular formula is C101H66N10Si. The summed E-state index contributed by atoms with van der Waals surface area (Å²) in [6, 6.07) is 144. The minimum atomic E-state index is -2.74. The van der Waals surface area contributed by atoms with Crippen LogP contribution in [0.4, 0.5) is 0 Å². The summed E-state index contributed by atoms with van der Waals surface area (Å²) in [5, 5.41) is 16.1. The lowest BCUT2D eigenvalue weighted by Gasteiger charge is -2.34. The second kappa shape index (κ2) is 26.2. The maximum Gasteiger partial charge on any atom is 0.221 e. The Kier molecular flexibility index (Phi) is 15.0. The number of aromatic nitrogens is 10. The molecule has 16 aromatic carbocycles. The Hall–Kier alpha value is -14.9. The number of fused-ring (bicyclic) bond motifs is 17. The summed E-state index contributed by atoms with van der Waals surface area (Å²) in [4.78, 5) is 25.3. The lowest BCUT2D eigenvalue weighted by molar-refractivity contribution is 0.979. The molecular weight excluding hydrogens is 1380 g/mol. The van der Waals surface area contributed by atoms with Crippen LogP contribution in [0.1, 0.15) is 0 Å². The zero-order valence-corrected chi connectivity index (χ0v) is 61.6. The molecule has 0 unspecified atom stereocenters. The second-order valence-electron chi connectivity index (χ2n) is 28.7. The topological polar surface area (TPSA) is 88.6 Å². The van der Waals surface area contributed by atoms with Gasteiger partial charge in [0, 0.05) is 82.2 Å². The van der Waals surface area contributed by atoms with Crippen molar-refractivity contribution in [2.24, 2.45) is 0 Å². The highest BCUT2D eigenvalue weighted by Gasteiger charge is 2.42. The van der Waals surface area contributed by atoms with Crippen molar-refractivity contribution in [3.8, 4) is 57.2 Å². The monoisotopic (exact) mass is 1450 g/mol. The van der Waals surface area contributed by atoms with E-state index in [4.69, 9.17) is 24.9 Å². The van der Waals surface area contributed by atoms with Crippen molar-refractivity contribution in [3.63, 3.8) is 0 Å². The molecule has 0 amide bonds. The average molecular weight is 1450 g/mol. The van der Waals surface area contributed by atoms with E-state index < -0.39 is 8.07 Å². The molecule has 0 atom stereocenters. The first-order valence-corrected chi connectivity index (χ1v) is 40.0. The molecule has 0 aliphatic heterocycles. The smallest absolute Gasteiger partial charge is 0.221 e. The van der Waals surface area contributed by atoms with Gasteiger partial charge in [-0.15, -0.1) is 0 Å². The van der Waals surface area contributed by atoms with Crippen molar-refractivity contribution in [2.75, 3.05) is 0 Å². The Bertz CT molecular complexity index is 7430. The van der Waals surface area contributed by atoms with Gasteiger partial charge in [0.05, 0.1) is 60.7 Å². The van der Waals surface area contributed by atoms with E-state index in [0.717, 1.165) is 89.1 Å². The number of rotatable bonds is 11. The number of benzene rings is 16. The van der Waals surface area contributed by atoms with Crippen LogP contribution in [0.25, 0.3) is 172 Å². The Morgan fingerprint density at radius 3 is 0.991 bits per heavy atom. The van der Waals surface area contributed by atoms with E-state index in [2.05, 4.69) is 344 Å². The van der Waals surface area contributed by atoms with Crippen LogP contribution in [0.5, 0.6) is 0 Å². The van der Waals surface area contributed by atoms with Crippen molar-refractivity contribution in [2.45, 2.75) is 0 Å². The van der Waals surface area contributed by atoms with Crippen molar-refractivity contribution in [3.05, 3.63) is 400 Å². The van der Waals surface area contributed by atoms with Crippen LogP contribution in [-0.4, -0.2) is 55.7 Å². The summed E-state index contributed by atoms with van der Waals surface area (Å²) in [6.45, 7) is 0. The lowest BCUT2D eigenvalue weighted by atomic mass is 10.1. The normalized spacial score (nSPS) is 11.9. The van der Waals surface area contributed by atoms with Gasteiger partial charge in [-0.2, -0.15) is 0 Å². The van der Waals surface area contributed by atoms with E-state index in [0.29, 0.717) is 17.5 Å². The van der Waals surface area contributed by atoms with Gasteiger partial charge in [0.2, 0.25) is 5.95 Å². The number of para-hydroxylation sites is 8. The third-order valence-electron chi connectivity index (χ3n) is 22.5. The molecule has 23 aromatic rings. The average Bonchev–Trinajstić information content (AvgIpc) is 1.43. The summed E-state index contributed by atoms with van der Waals surface area (Å²) in [5.41, 5.74) is 19.2.